The van der Waals surface area contributed by atoms with E-state index >= 15 is 0 Å². The molecule has 0 N–H and O–H groups in total. The molecule has 1 aromatic heterocycles. The Kier molecular flexibility index (Phi) is 6.10. The maximum atomic E-state index is 13.5. The predicted octanol–water partition coefficient (Wildman–Crippen LogP) is 3.91. The van der Waals surface area contributed by atoms with Crippen LogP contribution in [0.2, 0.25) is 0 Å². The smallest absolute Gasteiger partial charge is 0.262 e. The van der Waals surface area contributed by atoms with Gasteiger partial charge < -0.3 is 4.90 Å². The van der Waals surface area contributed by atoms with Crippen LogP contribution in [0.25, 0.3) is 0 Å². The summed E-state index contributed by atoms with van der Waals surface area (Å²) in [5, 5.41) is 4.44. The van der Waals surface area contributed by atoms with Gasteiger partial charge in [-0.05, 0) is 66.0 Å². The van der Waals surface area contributed by atoms with Crippen molar-refractivity contribution in [3.8, 4) is 0 Å². The van der Waals surface area contributed by atoms with Crippen LogP contribution in [0.4, 0.5) is 5.69 Å². The summed E-state index contributed by atoms with van der Waals surface area (Å²) in [6.45, 7) is 11.7. The zero-order chi connectivity index (χ0) is 21.2. The molecule has 1 saturated heterocycles. The highest BCUT2D eigenvalue weighted by Gasteiger charge is 2.28. The van der Waals surface area contributed by atoms with Crippen LogP contribution in [0.5, 0.6) is 0 Å². The van der Waals surface area contributed by atoms with Crippen LogP contribution in [0.15, 0.2) is 30.5 Å². The molecule has 0 bridgehead atoms. The standard InChI is InChI=1S/C23H32N4O2/c1-17-9-11-19(12-10-17)26(16-21(28)25-13-7-6-8-14-25)22(29)20-15-24-27(18(20)2)23(3,4)5/h9-12,15H,6-8,13-14,16H2,1-5H3. The van der Waals surface area contributed by atoms with E-state index in [4.69, 9.17) is 0 Å². The fraction of sp³-hybridized carbons (Fsp3) is 0.522. The molecule has 2 aromatic rings. The van der Waals surface area contributed by atoms with E-state index in [1.54, 1.807) is 11.1 Å². The molecule has 0 saturated carbocycles. The quantitative estimate of drug-likeness (QED) is 0.787. The Morgan fingerprint density at radius 2 is 1.66 bits per heavy atom. The lowest BCUT2D eigenvalue weighted by Crippen LogP contribution is -2.45. The largest absolute Gasteiger partial charge is 0.341 e. The maximum absolute atomic E-state index is 13.5. The first kappa shape index (κ1) is 21.1. The van der Waals surface area contributed by atoms with Crippen molar-refractivity contribution in [2.45, 2.75) is 59.4 Å². The minimum atomic E-state index is -0.221. The van der Waals surface area contributed by atoms with Crippen LogP contribution in [0.3, 0.4) is 0 Å². The number of nitrogens with zero attached hydrogens (tertiary/aromatic N) is 4. The van der Waals surface area contributed by atoms with Crippen molar-refractivity contribution in [2.24, 2.45) is 0 Å². The van der Waals surface area contributed by atoms with Gasteiger partial charge in [-0.2, -0.15) is 5.10 Å². The van der Waals surface area contributed by atoms with Crippen molar-refractivity contribution in [1.82, 2.24) is 14.7 Å². The highest BCUT2D eigenvalue weighted by Crippen LogP contribution is 2.23. The van der Waals surface area contributed by atoms with Gasteiger partial charge in [0.25, 0.3) is 5.91 Å². The summed E-state index contributed by atoms with van der Waals surface area (Å²) in [4.78, 5) is 29.9. The van der Waals surface area contributed by atoms with Gasteiger partial charge in [-0.15, -0.1) is 0 Å². The molecule has 1 aliphatic heterocycles. The molecule has 0 aliphatic carbocycles. The fourth-order valence-corrected chi connectivity index (χ4v) is 3.82. The van der Waals surface area contributed by atoms with E-state index in [0.29, 0.717) is 5.56 Å². The average molecular weight is 397 g/mol. The molecule has 1 fully saturated rings. The van der Waals surface area contributed by atoms with E-state index in [0.717, 1.165) is 49.3 Å². The number of aromatic nitrogens is 2. The lowest BCUT2D eigenvalue weighted by atomic mass is 10.1. The number of likely N-dealkylation sites (tertiary alicyclic amines) is 1. The molecule has 3 rings (SSSR count). The summed E-state index contributed by atoms with van der Waals surface area (Å²) < 4.78 is 1.86. The number of amides is 2. The summed E-state index contributed by atoms with van der Waals surface area (Å²) in [7, 11) is 0. The summed E-state index contributed by atoms with van der Waals surface area (Å²) >= 11 is 0. The van der Waals surface area contributed by atoms with Crippen molar-refractivity contribution >= 4 is 17.5 Å². The van der Waals surface area contributed by atoms with Gasteiger partial charge in [-0.25, -0.2) is 0 Å². The summed E-state index contributed by atoms with van der Waals surface area (Å²) in [6, 6.07) is 7.74. The molecule has 2 amide bonds. The van der Waals surface area contributed by atoms with Gasteiger partial charge in [0.05, 0.1) is 17.3 Å². The van der Waals surface area contributed by atoms with Crippen LogP contribution < -0.4 is 4.90 Å². The molecule has 1 aliphatic rings. The highest BCUT2D eigenvalue weighted by molar-refractivity contribution is 6.09. The monoisotopic (exact) mass is 396 g/mol. The molecular weight excluding hydrogens is 364 g/mol. The van der Waals surface area contributed by atoms with E-state index in [2.05, 4.69) is 25.9 Å². The van der Waals surface area contributed by atoms with Gasteiger partial charge in [0.15, 0.2) is 0 Å². The average Bonchev–Trinajstić information content (AvgIpc) is 3.09. The summed E-state index contributed by atoms with van der Waals surface area (Å²) in [6.07, 6.45) is 4.84. The minimum Gasteiger partial charge on any atom is -0.341 e. The van der Waals surface area contributed by atoms with Crippen LogP contribution in [0, 0.1) is 13.8 Å². The van der Waals surface area contributed by atoms with E-state index in [-0.39, 0.29) is 23.9 Å². The lowest BCUT2D eigenvalue weighted by Gasteiger charge is -2.30. The first-order valence-electron chi connectivity index (χ1n) is 10.4. The molecule has 0 radical (unpaired) electrons. The summed E-state index contributed by atoms with van der Waals surface area (Å²) in [5.41, 5.74) is 2.96. The molecule has 0 atom stereocenters. The number of benzene rings is 1. The number of carbonyl (C=O) groups is 2. The third kappa shape index (κ3) is 4.69. The highest BCUT2D eigenvalue weighted by atomic mass is 16.2. The summed E-state index contributed by atoms with van der Waals surface area (Å²) in [5.74, 6) is -0.188. The zero-order valence-electron chi connectivity index (χ0n) is 18.2. The molecule has 0 unspecified atom stereocenters. The normalized spacial score (nSPS) is 14.7. The Morgan fingerprint density at radius 3 is 2.21 bits per heavy atom. The van der Waals surface area contributed by atoms with E-state index < -0.39 is 0 Å². The van der Waals surface area contributed by atoms with Crippen molar-refractivity contribution < 1.29 is 9.59 Å². The van der Waals surface area contributed by atoms with Crippen LogP contribution >= 0.6 is 0 Å². The Bertz CT molecular complexity index is 871. The van der Waals surface area contributed by atoms with E-state index in [9.17, 15) is 9.59 Å². The van der Waals surface area contributed by atoms with Gasteiger partial charge >= 0.3 is 0 Å². The number of carbonyl (C=O) groups excluding carboxylic acids is 2. The third-order valence-corrected chi connectivity index (χ3v) is 5.47. The molecule has 2 heterocycles. The predicted molar refractivity (Wildman–Crippen MR) is 115 cm³/mol. The molecular formula is C23H32N4O2. The molecule has 6 heteroatoms. The van der Waals surface area contributed by atoms with E-state index in [1.807, 2.05) is 47.7 Å². The number of rotatable bonds is 4. The molecule has 1 aromatic carbocycles. The van der Waals surface area contributed by atoms with Gasteiger partial charge in [0.1, 0.15) is 6.54 Å². The van der Waals surface area contributed by atoms with Gasteiger partial charge in [-0.3, -0.25) is 19.2 Å². The second kappa shape index (κ2) is 8.39. The number of hydrogen-bond donors (Lipinski definition) is 0. The Labute approximate surface area is 173 Å². The van der Waals surface area contributed by atoms with E-state index in [1.165, 1.54) is 0 Å². The Morgan fingerprint density at radius 1 is 1.03 bits per heavy atom. The molecule has 6 nitrogen and oxygen atoms in total. The lowest BCUT2D eigenvalue weighted by molar-refractivity contribution is -0.130. The SMILES string of the molecule is Cc1ccc(N(CC(=O)N2CCCCC2)C(=O)c2cnn(C(C)(C)C)c2C)cc1. The minimum absolute atomic E-state index is 0.000471. The second-order valence-electron chi connectivity index (χ2n) is 8.89. The zero-order valence-corrected chi connectivity index (χ0v) is 18.2. The first-order valence-corrected chi connectivity index (χ1v) is 10.4. The maximum Gasteiger partial charge on any atom is 0.262 e. The molecule has 29 heavy (non-hydrogen) atoms. The molecule has 0 spiro atoms. The van der Waals surface area contributed by atoms with Crippen LogP contribution in [-0.4, -0.2) is 46.1 Å². The Hall–Kier alpha value is -2.63. The number of piperidine rings is 1. The van der Waals surface area contributed by atoms with Crippen molar-refractivity contribution in [3.63, 3.8) is 0 Å². The second-order valence-corrected chi connectivity index (χ2v) is 8.89. The Balaban J connectivity index is 1.92. The van der Waals surface area contributed by atoms with Crippen molar-refractivity contribution in [1.29, 1.82) is 0 Å². The third-order valence-electron chi connectivity index (χ3n) is 5.47. The number of aryl methyl sites for hydroxylation is 1. The van der Waals surface area contributed by atoms with Gasteiger partial charge in [0, 0.05) is 24.5 Å². The topological polar surface area (TPSA) is 58.4 Å². The first-order chi connectivity index (χ1) is 13.7. The number of anilines is 1. The van der Waals surface area contributed by atoms with Gasteiger partial charge in [-0.1, -0.05) is 17.7 Å². The van der Waals surface area contributed by atoms with Crippen LogP contribution in [0.1, 0.15) is 61.6 Å². The molecule has 156 valence electrons. The fourth-order valence-electron chi connectivity index (χ4n) is 3.82. The van der Waals surface area contributed by atoms with Gasteiger partial charge in [0.2, 0.25) is 5.91 Å². The van der Waals surface area contributed by atoms with Crippen molar-refractivity contribution in [2.75, 3.05) is 24.5 Å². The van der Waals surface area contributed by atoms with Crippen LogP contribution in [-0.2, 0) is 10.3 Å². The van der Waals surface area contributed by atoms with Crippen molar-refractivity contribution in [3.05, 3.63) is 47.3 Å². The number of hydrogen-bond acceptors (Lipinski definition) is 3.